The van der Waals surface area contributed by atoms with Crippen LogP contribution in [-0.2, 0) is 23.5 Å². The average molecular weight is 1410 g/mol. The minimum atomic E-state index is -1.77. The van der Waals surface area contributed by atoms with Gasteiger partial charge in [0.2, 0.25) is 0 Å². The van der Waals surface area contributed by atoms with Crippen LogP contribution in [-0.4, -0.2) is 39.6 Å². The van der Waals surface area contributed by atoms with Crippen molar-refractivity contribution in [1.82, 2.24) is 0 Å². The zero-order valence-corrected chi connectivity index (χ0v) is 70.6. The van der Waals surface area contributed by atoms with Crippen molar-refractivity contribution in [2.45, 2.75) is 541 Å². The van der Waals surface area contributed by atoms with E-state index in [1.54, 1.807) is 0 Å². The van der Waals surface area contributed by atoms with Gasteiger partial charge in [-0.1, -0.05) is 458 Å². The number of carbonyl (C=O) groups excluding carboxylic acids is 2. The summed E-state index contributed by atoms with van der Waals surface area (Å²) >= 11 is 0. The van der Waals surface area contributed by atoms with Gasteiger partial charge in [-0.25, -0.2) is 0 Å². The number of allylic oxidation sites excluding steroid dienone is 2. The zero-order valence-electron chi connectivity index (χ0n) is 69.6. The fourth-order valence-electron chi connectivity index (χ4n) is 15.9. The lowest BCUT2D eigenvalue weighted by molar-refractivity contribution is -0.160. The predicted molar refractivity (Wildman–Crippen MR) is 442 cm³/mol. The third-order valence-corrected chi connectivity index (χ3v) is 28.6. The van der Waals surface area contributed by atoms with E-state index in [2.05, 4.69) is 66.8 Å². The Balaban J connectivity index is 1.97. The summed E-state index contributed by atoms with van der Waals surface area (Å²) in [5, 5.41) is 0.282. The molecule has 1 fully saturated rings. The maximum atomic E-state index is 12.9. The molecular weight excluding hydrogens is 1230 g/mol. The van der Waals surface area contributed by atoms with E-state index in [0.29, 0.717) is 12.0 Å². The van der Waals surface area contributed by atoms with Crippen molar-refractivity contribution in [1.29, 1.82) is 0 Å². The highest BCUT2D eigenvalue weighted by Gasteiger charge is 2.40. The fourth-order valence-corrected chi connectivity index (χ4v) is 17.3. The van der Waals surface area contributed by atoms with Crippen molar-refractivity contribution in [3.63, 3.8) is 0 Å². The van der Waals surface area contributed by atoms with Crippen LogP contribution in [0, 0.1) is 23.7 Å². The number of esters is 2. The van der Waals surface area contributed by atoms with Gasteiger partial charge in [0.25, 0.3) is 0 Å². The van der Waals surface area contributed by atoms with E-state index in [-0.39, 0.29) is 29.0 Å². The molecule has 5 nitrogen and oxygen atoms in total. The maximum Gasteiger partial charge on any atom is 0.312 e. The van der Waals surface area contributed by atoms with Gasteiger partial charge in [0, 0.05) is 13.0 Å². The Hall–Kier alpha value is -1.14. The Labute approximate surface area is 624 Å². The first-order chi connectivity index (χ1) is 48.3. The SMILES string of the molecule is CCCCCCCCCCCCCCCCCCCCCCCCC(C(=O)OC)[C@@H](CCCCCCCCCCCCCC=C[C@@H]1C[C@@H]1CCCCCCCCCCCCCCCCCC[C@H](O[Si](C)(C)C(C)(C)C)[C@@H](C)CCCCCCCCCCCCCCCCCC)OC(C)=O. The number of hydrogen-bond acceptors (Lipinski definition) is 5. The molecule has 0 bridgehead atoms. The van der Waals surface area contributed by atoms with Gasteiger partial charge in [-0.2, -0.15) is 0 Å². The van der Waals surface area contributed by atoms with Crippen molar-refractivity contribution in [3.05, 3.63) is 12.2 Å². The molecule has 6 atom stereocenters. The highest BCUT2D eigenvalue weighted by atomic mass is 28.4. The third kappa shape index (κ3) is 62.7. The van der Waals surface area contributed by atoms with Gasteiger partial charge in [0.1, 0.15) is 6.10 Å². The molecular formula is C93H182O5Si. The molecule has 0 aromatic carbocycles. The van der Waals surface area contributed by atoms with Crippen LogP contribution in [0.3, 0.4) is 0 Å². The number of methoxy groups -OCH3 is 1. The molecule has 1 aliphatic rings. The quantitative estimate of drug-likeness (QED) is 0.0263. The summed E-state index contributed by atoms with van der Waals surface area (Å²) < 4.78 is 18.2. The molecule has 0 aliphatic heterocycles. The van der Waals surface area contributed by atoms with Crippen LogP contribution < -0.4 is 0 Å². The van der Waals surface area contributed by atoms with Gasteiger partial charge >= 0.3 is 11.9 Å². The highest BCUT2D eigenvalue weighted by molar-refractivity contribution is 6.74. The third-order valence-electron chi connectivity index (χ3n) is 24.1. The average Bonchev–Trinajstić information content (AvgIpc) is 1.84. The summed E-state index contributed by atoms with van der Waals surface area (Å²) in [6, 6.07) is 0. The maximum absolute atomic E-state index is 12.9. The predicted octanol–water partition coefficient (Wildman–Crippen LogP) is 32.7. The molecule has 0 aromatic heterocycles. The second-order valence-corrected chi connectivity index (χ2v) is 39.5. The van der Waals surface area contributed by atoms with Gasteiger partial charge in [-0.05, 0) is 93.7 Å². The lowest BCUT2D eigenvalue weighted by Gasteiger charge is -2.41. The number of rotatable bonds is 80. The largest absolute Gasteiger partial charge is 0.469 e. The minimum Gasteiger partial charge on any atom is -0.469 e. The molecule has 6 heteroatoms. The smallest absolute Gasteiger partial charge is 0.312 e. The van der Waals surface area contributed by atoms with Crippen LogP contribution in [0.5, 0.6) is 0 Å². The molecule has 1 unspecified atom stereocenters. The first-order valence-corrected chi connectivity index (χ1v) is 48.8. The summed E-state index contributed by atoms with van der Waals surface area (Å²) in [7, 11) is -0.293. The van der Waals surface area contributed by atoms with Gasteiger partial charge < -0.3 is 13.9 Å². The Morgan fingerprint density at radius 1 is 0.384 bits per heavy atom. The Bertz CT molecular complexity index is 1700. The molecule has 1 saturated carbocycles. The molecule has 0 radical (unpaired) electrons. The van der Waals surface area contributed by atoms with Crippen LogP contribution in [0.15, 0.2) is 12.2 Å². The van der Waals surface area contributed by atoms with Gasteiger partial charge in [0.05, 0.1) is 13.0 Å². The van der Waals surface area contributed by atoms with Crippen molar-refractivity contribution in [2.24, 2.45) is 23.7 Å². The Morgan fingerprint density at radius 2 is 0.657 bits per heavy atom. The molecule has 1 rings (SSSR count). The molecule has 1 aliphatic carbocycles. The molecule has 0 spiro atoms. The second-order valence-electron chi connectivity index (χ2n) is 34.8. The lowest BCUT2D eigenvalue weighted by atomic mass is 9.91. The zero-order chi connectivity index (χ0) is 72.1. The van der Waals surface area contributed by atoms with Crippen molar-refractivity contribution >= 4 is 20.3 Å². The Morgan fingerprint density at radius 3 is 0.960 bits per heavy atom. The minimum absolute atomic E-state index is 0.214. The molecule has 0 saturated heterocycles. The van der Waals surface area contributed by atoms with E-state index in [9.17, 15) is 9.59 Å². The van der Waals surface area contributed by atoms with Crippen molar-refractivity contribution < 1.29 is 23.5 Å². The molecule has 0 N–H and O–H groups in total. The molecule has 588 valence electrons. The molecule has 0 aromatic rings. The monoisotopic (exact) mass is 1410 g/mol. The number of ether oxygens (including phenoxy) is 2. The second kappa shape index (κ2) is 71.1. The van der Waals surface area contributed by atoms with Crippen LogP contribution in [0.4, 0.5) is 0 Å². The summed E-state index contributed by atoms with van der Waals surface area (Å²) in [5.74, 6) is 1.72. The Kier molecular flexibility index (Phi) is 68.9. The summed E-state index contributed by atoms with van der Waals surface area (Å²) in [4.78, 5) is 25.1. The summed E-state index contributed by atoms with van der Waals surface area (Å²) in [6.45, 7) is 20.8. The first kappa shape index (κ1) is 95.9. The lowest BCUT2D eigenvalue weighted by Crippen LogP contribution is -2.45. The van der Waals surface area contributed by atoms with E-state index in [1.165, 1.54) is 438 Å². The topological polar surface area (TPSA) is 61.8 Å². The fraction of sp³-hybridized carbons (Fsp3) is 0.957. The van der Waals surface area contributed by atoms with Crippen LogP contribution in [0.2, 0.25) is 18.1 Å². The number of carbonyl (C=O) groups is 2. The van der Waals surface area contributed by atoms with E-state index in [1.807, 2.05) is 0 Å². The van der Waals surface area contributed by atoms with Crippen molar-refractivity contribution in [3.8, 4) is 0 Å². The van der Waals surface area contributed by atoms with Gasteiger partial charge in [-0.3, -0.25) is 9.59 Å². The van der Waals surface area contributed by atoms with Gasteiger partial charge in [-0.15, -0.1) is 0 Å². The molecule has 99 heavy (non-hydrogen) atoms. The van der Waals surface area contributed by atoms with Gasteiger partial charge in [0.15, 0.2) is 8.32 Å². The van der Waals surface area contributed by atoms with E-state index in [0.717, 1.165) is 50.4 Å². The normalized spacial score (nSPS) is 15.5. The first-order valence-electron chi connectivity index (χ1n) is 45.9. The van der Waals surface area contributed by atoms with Crippen LogP contribution in [0.25, 0.3) is 0 Å². The van der Waals surface area contributed by atoms with Crippen LogP contribution in [0.1, 0.15) is 511 Å². The van der Waals surface area contributed by atoms with E-state index >= 15 is 0 Å². The summed E-state index contributed by atoms with van der Waals surface area (Å²) in [6.07, 6.45) is 104. The standard InChI is InChI=1S/C93H182O5Si/c1-11-13-15-17-19-21-23-25-27-29-30-31-32-33-34-39-45-51-57-63-69-75-81-89(92(95)96-8)91(97-86(4)94)83-77-71-65-59-53-47-41-44-50-56-62-68-74-80-88-84-87(88)79-73-67-61-55-49-43-38-35-36-40-46-52-58-64-70-76-82-90(98-99(9,10)93(5,6)7)85(3)78-72-66-60-54-48-42-37-28-26-24-22-20-18-16-14-12-2/h74,80,85,87-91H,11-73,75-79,81-84H2,1-10H3/t85-,87-,88+,89?,90-,91+/m0/s1. The van der Waals surface area contributed by atoms with E-state index < -0.39 is 8.32 Å². The molecule has 0 amide bonds. The molecule has 0 heterocycles. The summed E-state index contributed by atoms with van der Waals surface area (Å²) in [5.41, 5.74) is 0. The number of unbranched alkanes of at least 4 members (excludes halogenated alkanes) is 62. The number of hydrogen-bond donors (Lipinski definition) is 0. The van der Waals surface area contributed by atoms with Crippen molar-refractivity contribution in [2.75, 3.05) is 7.11 Å². The van der Waals surface area contributed by atoms with E-state index in [4.69, 9.17) is 13.9 Å². The van der Waals surface area contributed by atoms with Crippen LogP contribution >= 0.6 is 0 Å². The highest BCUT2D eigenvalue weighted by Crippen LogP contribution is 2.44.